The number of hydrogen-bond acceptors (Lipinski definition) is 4. The molecule has 2 rings (SSSR count). The molecule has 0 aromatic carbocycles. The number of carboxylic acids is 1. The van der Waals surface area contributed by atoms with E-state index in [1.165, 1.54) is 0 Å². The topological polar surface area (TPSA) is 83.0 Å². The highest BCUT2D eigenvalue weighted by Gasteiger charge is 2.16. The minimum Gasteiger partial charge on any atom is -0.481 e. The van der Waals surface area contributed by atoms with Gasteiger partial charge in [-0.2, -0.15) is 11.8 Å². The predicted octanol–water partition coefficient (Wildman–Crippen LogP) is 0.186. The predicted molar refractivity (Wildman–Crippen MR) is 56.1 cm³/mol. The minimum absolute atomic E-state index is 0.191. The molecule has 0 radical (unpaired) electrons. The number of aryl methyl sites for hydroxylation is 1. The van der Waals surface area contributed by atoms with Crippen LogP contribution >= 0.6 is 11.8 Å². The maximum absolute atomic E-state index is 11.6. The first-order valence-corrected chi connectivity index (χ1v) is 5.73. The van der Waals surface area contributed by atoms with E-state index in [9.17, 15) is 9.59 Å². The Balaban J connectivity index is 2.40. The van der Waals surface area contributed by atoms with Crippen LogP contribution in [0.3, 0.4) is 0 Å². The Kier molecular flexibility index (Phi) is 2.77. The van der Waals surface area contributed by atoms with Gasteiger partial charge in [0.1, 0.15) is 12.2 Å². The van der Waals surface area contributed by atoms with E-state index >= 15 is 0 Å². The highest BCUT2D eigenvalue weighted by Crippen LogP contribution is 2.19. The van der Waals surface area contributed by atoms with E-state index in [0.717, 1.165) is 17.9 Å². The van der Waals surface area contributed by atoms with Gasteiger partial charge in [-0.3, -0.25) is 9.59 Å². The summed E-state index contributed by atoms with van der Waals surface area (Å²) >= 11 is 1.70. The summed E-state index contributed by atoms with van der Waals surface area (Å²) in [6, 6.07) is 0. The van der Waals surface area contributed by atoms with E-state index in [1.807, 2.05) is 0 Å². The molecule has 0 atom stereocenters. The van der Waals surface area contributed by atoms with Crippen LogP contribution in [0.2, 0.25) is 0 Å². The van der Waals surface area contributed by atoms with Gasteiger partial charge in [0, 0.05) is 11.3 Å². The van der Waals surface area contributed by atoms with E-state index < -0.39 is 5.97 Å². The second-order valence-corrected chi connectivity index (χ2v) is 4.42. The zero-order valence-corrected chi connectivity index (χ0v) is 8.76. The molecule has 5 nitrogen and oxygen atoms in total. The van der Waals surface area contributed by atoms with Crippen LogP contribution in [-0.4, -0.2) is 26.8 Å². The molecule has 1 aromatic rings. The highest BCUT2D eigenvalue weighted by molar-refractivity contribution is 7.98. The number of aromatic amines is 1. The number of nitrogens with zero attached hydrogens (tertiary/aromatic N) is 1. The summed E-state index contributed by atoms with van der Waals surface area (Å²) < 4.78 is 0. The number of nitrogens with one attached hydrogen (secondary N) is 1. The van der Waals surface area contributed by atoms with Crippen molar-refractivity contribution in [1.29, 1.82) is 0 Å². The largest absolute Gasteiger partial charge is 0.481 e. The van der Waals surface area contributed by atoms with Crippen LogP contribution in [0.15, 0.2) is 4.79 Å². The SMILES string of the molecule is O=C(O)Cc1nc2c(c(=O)[nH]1)CSCC2. The van der Waals surface area contributed by atoms with E-state index in [-0.39, 0.29) is 17.8 Å². The number of rotatable bonds is 2. The molecule has 6 heteroatoms. The van der Waals surface area contributed by atoms with Crippen LogP contribution in [0.25, 0.3) is 0 Å². The molecule has 0 spiro atoms. The molecule has 2 heterocycles. The third-order valence-corrected chi connectivity index (χ3v) is 3.18. The Hall–Kier alpha value is -1.30. The first-order chi connectivity index (χ1) is 7.16. The monoisotopic (exact) mass is 226 g/mol. The lowest BCUT2D eigenvalue weighted by Crippen LogP contribution is -2.23. The number of fused-ring (bicyclic) bond motifs is 1. The molecule has 80 valence electrons. The van der Waals surface area contributed by atoms with Gasteiger partial charge in [0.25, 0.3) is 5.56 Å². The van der Waals surface area contributed by atoms with Gasteiger partial charge < -0.3 is 10.1 Å². The lowest BCUT2D eigenvalue weighted by atomic mass is 10.2. The van der Waals surface area contributed by atoms with Gasteiger partial charge in [-0.05, 0) is 12.2 Å². The van der Waals surface area contributed by atoms with Crippen molar-refractivity contribution in [3.8, 4) is 0 Å². The second-order valence-electron chi connectivity index (χ2n) is 3.31. The molecule has 2 N–H and O–H groups in total. The molecule has 0 aliphatic carbocycles. The third-order valence-electron chi connectivity index (χ3n) is 2.20. The van der Waals surface area contributed by atoms with Gasteiger partial charge in [0.05, 0.1) is 5.69 Å². The summed E-state index contributed by atoms with van der Waals surface area (Å²) in [7, 11) is 0. The number of carboxylic acid groups (broad SMARTS) is 1. The number of H-pyrrole nitrogens is 1. The van der Waals surface area contributed by atoms with Crippen molar-refractivity contribution in [3.05, 3.63) is 27.4 Å². The average molecular weight is 226 g/mol. The molecule has 15 heavy (non-hydrogen) atoms. The fourth-order valence-corrected chi connectivity index (χ4v) is 2.51. The highest BCUT2D eigenvalue weighted by atomic mass is 32.2. The van der Waals surface area contributed by atoms with E-state index in [2.05, 4.69) is 9.97 Å². The molecular weight excluding hydrogens is 216 g/mol. The Morgan fingerprint density at radius 3 is 3.13 bits per heavy atom. The summed E-state index contributed by atoms with van der Waals surface area (Å²) in [4.78, 5) is 28.7. The third kappa shape index (κ3) is 2.20. The van der Waals surface area contributed by atoms with Gasteiger partial charge in [0.15, 0.2) is 0 Å². The summed E-state index contributed by atoms with van der Waals surface area (Å²) in [6.45, 7) is 0. The molecule has 0 amide bonds. The average Bonchev–Trinajstić information content (AvgIpc) is 2.16. The normalized spacial score (nSPS) is 14.7. The van der Waals surface area contributed by atoms with Gasteiger partial charge in [-0.25, -0.2) is 4.98 Å². The van der Waals surface area contributed by atoms with Crippen molar-refractivity contribution in [2.75, 3.05) is 5.75 Å². The first-order valence-electron chi connectivity index (χ1n) is 4.57. The number of carbonyl (C=O) groups is 1. The fraction of sp³-hybridized carbons (Fsp3) is 0.444. The van der Waals surface area contributed by atoms with Crippen LogP contribution in [0.1, 0.15) is 17.1 Å². The quantitative estimate of drug-likeness (QED) is 0.752. The zero-order chi connectivity index (χ0) is 10.8. The number of thioether (sulfide) groups is 1. The van der Waals surface area contributed by atoms with Crippen LogP contribution in [0, 0.1) is 0 Å². The van der Waals surface area contributed by atoms with Crippen molar-refractivity contribution >= 4 is 17.7 Å². The lowest BCUT2D eigenvalue weighted by Gasteiger charge is -2.13. The Labute approximate surface area is 89.9 Å². The summed E-state index contributed by atoms with van der Waals surface area (Å²) in [5, 5.41) is 8.60. The maximum atomic E-state index is 11.6. The van der Waals surface area contributed by atoms with Gasteiger partial charge in [-0.1, -0.05) is 0 Å². The fourth-order valence-electron chi connectivity index (χ4n) is 1.52. The molecule has 0 fully saturated rings. The second kappa shape index (κ2) is 4.06. The van der Waals surface area contributed by atoms with E-state index in [4.69, 9.17) is 5.11 Å². The Morgan fingerprint density at radius 2 is 2.40 bits per heavy atom. The molecule has 0 saturated carbocycles. The Morgan fingerprint density at radius 1 is 1.60 bits per heavy atom. The van der Waals surface area contributed by atoms with E-state index in [0.29, 0.717) is 11.3 Å². The molecular formula is C9H10N2O3S. The van der Waals surface area contributed by atoms with Crippen molar-refractivity contribution in [3.63, 3.8) is 0 Å². The molecule has 0 saturated heterocycles. The summed E-state index contributed by atoms with van der Waals surface area (Å²) in [6.07, 6.45) is 0.520. The molecule has 0 bridgehead atoms. The van der Waals surface area contributed by atoms with Crippen molar-refractivity contribution < 1.29 is 9.90 Å². The van der Waals surface area contributed by atoms with Gasteiger partial charge >= 0.3 is 5.97 Å². The summed E-state index contributed by atoms with van der Waals surface area (Å²) in [5.41, 5.74) is 1.26. The molecule has 1 aliphatic rings. The molecule has 0 unspecified atom stereocenters. The van der Waals surface area contributed by atoms with Crippen molar-refractivity contribution in [2.24, 2.45) is 0 Å². The van der Waals surface area contributed by atoms with Crippen LogP contribution in [-0.2, 0) is 23.4 Å². The Bertz CT molecular complexity index is 455. The van der Waals surface area contributed by atoms with Crippen LogP contribution in [0.5, 0.6) is 0 Å². The first kappa shape index (κ1) is 10.2. The maximum Gasteiger partial charge on any atom is 0.311 e. The zero-order valence-electron chi connectivity index (χ0n) is 7.95. The van der Waals surface area contributed by atoms with Crippen LogP contribution in [0.4, 0.5) is 0 Å². The van der Waals surface area contributed by atoms with Crippen LogP contribution < -0.4 is 5.56 Å². The molecule has 1 aromatic heterocycles. The smallest absolute Gasteiger partial charge is 0.311 e. The number of hydrogen-bond donors (Lipinski definition) is 2. The standard InChI is InChI=1S/C9H10N2O3S/c12-8(13)3-7-10-6-1-2-15-4-5(6)9(14)11-7/h1-4H2,(H,12,13)(H,10,11,14). The lowest BCUT2D eigenvalue weighted by molar-refractivity contribution is -0.136. The minimum atomic E-state index is -0.983. The van der Waals surface area contributed by atoms with Gasteiger partial charge in [-0.15, -0.1) is 0 Å². The van der Waals surface area contributed by atoms with Gasteiger partial charge in [0.2, 0.25) is 0 Å². The number of aliphatic carboxylic acids is 1. The van der Waals surface area contributed by atoms with E-state index in [1.54, 1.807) is 11.8 Å². The van der Waals surface area contributed by atoms with Crippen molar-refractivity contribution in [1.82, 2.24) is 9.97 Å². The van der Waals surface area contributed by atoms with Crippen molar-refractivity contribution in [2.45, 2.75) is 18.6 Å². The number of aromatic nitrogens is 2. The summed E-state index contributed by atoms with van der Waals surface area (Å²) in [5.74, 6) is 0.877. The molecule has 1 aliphatic heterocycles.